The lowest BCUT2D eigenvalue weighted by atomic mass is 9.36. The maximum absolute atomic E-state index is 6.74. The van der Waals surface area contributed by atoms with Gasteiger partial charge >= 0.3 is 0 Å². The molecule has 0 saturated carbocycles. The zero-order chi connectivity index (χ0) is 43.8. The summed E-state index contributed by atoms with van der Waals surface area (Å²) in [6.07, 6.45) is 9.37. The number of rotatable bonds is 6. The number of hydrogen-bond donors (Lipinski definition) is 0. The van der Waals surface area contributed by atoms with Crippen molar-refractivity contribution in [2.75, 3.05) is 4.90 Å². The van der Waals surface area contributed by atoms with Gasteiger partial charge < -0.3 is 13.9 Å². The minimum Gasteiger partial charge on any atom is -0.456 e. The average Bonchev–Trinajstić information content (AvgIpc) is 4.06. The Balaban J connectivity index is 1.15. The molecule has 0 N–H and O–H groups in total. The summed E-state index contributed by atoms with van der Waals surface area (Å²) in [5, 5.41) is 7.52. The van der Waals surface area contributed by atoms with E-state index in [-0.39, 0.29) is 18.7 Å². The van der Waals surface area contributed by atoms with Crippen LogP contribution in [0.3, 0.4) is 0 Å². The van der Waals surface area contributed by atoms with E-state index in [0.717, 1.165) is 16.6 Å². The van der Waals surface area contributed by atoms with E-state index in [2.05, 4.69) is 221 Å². The summed E-state index contributed by atoms with van der Waals surface area (Å²) in [7, 11) is 0. The van der Waals surface area contributed by atoms with Gasteiger partial charge in [0.15, 0.2) is 0 Å². The lowest BCUT2D eigenvalue weighted by Gasteiger charge is -2.31. The fourth-order valence-corrected chi connectivity index (χ4v) is 12.2. The summed E-state index contributed by atoms with van der Waals surface area (Å²) >= 11 is 0. The monoisotopic (exact) mass is 838 g/mol. The molecule has 2 aliphatic heterocycles. The van der Waals surface area contributed by atoms with Gasteiger partial charge in [0.1, 0.15) is 11.2 Å². The molecule has 3 aliphatic rings. The Morgan fingerprint density at radius 2 is 1.20 bits per heavy atom. The smallest absolute Gasteiger partial charge is 0.244 e. The fourth-order valence-electron chi connectivity index (χ4n) is 12.2. The average molecular weight is 839 g/mol. The highest BCUT2D eigenvalue weighted by molar-refractivity contribution is 7.01. The third-order valence-corrected chi connectivity index (χ3v) is 15.1. The third-order valence-electron chi connectivity index (χ3n) is 15.1. The molecule has 8 aromatic carbocycles. The Bertz CT molecular complexity index is 3650. The molecule has 13 rings (SSSR count). The molecule has 1 aliphatic carbocycles. The molecule has 4 heterocycles. The van der Waals surface area contributed by atoms with Gasteiger partial charge in [-0.1, -0.05) is 179 Å². The molecule has 0 bridgehead atoms. The van der Waals surface area contributed by atoms with Gasteiger partial charge in [-0.3, -0.25) is 0 Å². The SMILES string of the molecule is CC(C)c1cc(C(C)C)c(B2c3cc4oc5ccccc5c4cc3-c3cc(N4c5c(ccc6c5c5ccccc5n6-c5ccccc5)C5C=CC=CC54)c4ccccc4c32)c(C(C)C)c1. The molecule has 314 valence electrons. The molecule has 0 saturated heterocycles. The Kier molecular flexibility index (Phi) is 8.41. The van der Waals surface area contributed by atoms with Crippen molar-refractivity contribution < 1.29 is 4.42 Å². The van der Waals surface area contributed by atoms with Gasteiger partial charge in [0, 0.05) is 38.5 Å². The van der Waals surface area contributed by atoms with E-state index >= 15 is 0 Å². The Hall–Kier alpha value is -7.04. The van der Waals surface area contributed by atoms with Gasteiger partial charge in [-0.05, 0) is 105 Å². The van der Waals surface area contributed by atoms with E-state index in [0.29, 0.717) is 17.8 Å². The van der Waals surface area contributed by atoms with E-state index in [9.17, 15) is 0 Å². The van der Waals surface area contributed by atoms with Gasteiger partial charge in [0.2, 0.25) is 6.71 Å². The second-order valence-corrected chi connectivity index (χ2v) is 19.7. The van der Waals surface area contributed by atoms with Crippen molar-refractivity contribution >= 4 is 89.0 Å². The fraction of sp³-hybridized carbons (Fsp3) is 0.180. The predicted octanol–water partition coefficient (Wildman–Crippen LogP) is 14.4. The Labute approximate surface area is 381 Å². The molecule has 0 fully saturated rings. The van der Waals surface area contributed by atoms with E-state index < -0.39 is 0 Å². The lowest BCUT2D eigenvalue weighted by Crippen LogP contribution is -2.52. The molecule has 2 unspecified atom stereocenters. The van der Waals surface area contributed by atoms with E-state index in [4.69, 9.17) is 4.42 Å². The van der Waals surface area contributed by atoms with Crippen LogP contribution >= 0.6 is 0 Å². The Morgan fingerprint density at radius 1 is 0.523 bits per heavy atom. The largest absolute Gasteiger partial charge is 0.456 e. The second-order valence-electron chi connectivity index (χ2n) is 19.7. The number of fused-ring (bicyclic) bond motifs is 15. The molecule has 0 spiro atoms. The van der Waals surface area contributed by atoms with Crippen LogP contribution in [0.2, 0.25) is 0 Å². The van der Waals surface area contributed by atoms with Crippen molar-refractivity contribution in [3.63, 3.8) is 0 Å². The molecule has 65 heavy (non-hydrogen) atoms. The number of anilines is 2. The van der Waals surface area contributed by atoms with Gasteiger partial charge in [-0.15, -0.1) is 0 Å². The maximum atomic E-state index is 6.74. The number of allylic oxidation sites excluding steroid dienone is 2. The van der Waals surface area contributed by atoms with Crippen molar-refractivity contribution in [3.05, 3.63) is 192 Å². The molecule has 0 radical (unpaired) electrons. The van der Waals surface area contributed by atoms with Crippen LogP contribution in [0.15, 0.2) is 174 Å². The quantitative estimate of drug-likeness (QED) is 0.156. The van der Waals surface area contributed by atoms with Crippen molar-refractivity contribution in [3.8, 4) is 16.8 Å². The van der Waals surface area contributed by atoms with Gasteiger partial charge in [-0.2, -0.15) is 0 Å². The highest BCUT2D eigenvalue weighted by Gasteiger charge is 2.44. The number of nitrogens with zero attached hydrogens (tertiary/aromatic N) is 2. The second kappa shape index (κ2) is 14.2. The topological polar surface area (TPSA) is 21.3 Å². The normalized spacial score (nSPS) is 16.4. The summed E-state index contributed by atoms with van der Waals surface area (Å²) in [4.78, 5) is 2.72. The summed E-state index contributed by atoms with van der Waals surface area (Å²) in [6, 6.07) is 55.2. The molecule has 2 atom stereocenters. The summed E-state index contributed by atoms with van der Waals surface area (Å²) < 4.78 is 9.20. The van der Waals surface area contributed by atoms with Crippen LogP contribution in [0.1, 0.15) is 87.5 Å². The molecular formula is C61H51BN2O. The molecule has 2 aromatic heterocycles. The van der Waals surface area contributed by atoms with E-state index in [1.54, 1.807) is 0 Å². The molecular weight excluding hydrogens is 787 g/mol. The number of para-hydroxylation sites is 3. The first-order valence-corrected chi connectivity index (χ1v) is 23.7. The van der Waals surface area contributed by atoms with Crippen LogP contribution in [-0.2, 0) is 0 Å². The van der Waals surface area contributed by atoms with Crippen molar-refractivity contribution in [1.29, 1.82) is 0 Å². The number of hydrogen-bond acceptors (Lipinski definition) is 2. The summed E-state index contributed by atoms with van der Waals surface area (Å²) in [6.45, 7) is 14.2. The molecule has 0 amide bonds. The predicted molar refractivity (Wildman–Crippen MR) is 278 cm³/mol. The summed E-state index contributed by atoms with van der Waals surface area (Å²) in [5.74, 6) is 1.34. The minimum atomic E-state index is 0.0271. The van der Waals surface area contributed by atoms with Crippen molar-refractivity contribution in [2.24, 2.45) is 0 Å². The first kappa shape index (κ1) is 38.4. The van der Waals surface area contributed by atoms with Gasteiger partial charge in [0.25, 0.3) is 0 Å². The Morgan fingerprint density at radius 3 is 1.95 bits per heavy atom. The van der Waals surface area contributed by atoms with Gasteiger partial charge in [-0.25, -0.2) is 0 Å². The highest BCUT2D eigenvalue weighted by atomic mass is 16.3. The van der Waals surface area contributed by atoms with Crippen LogP contribution < -0.4 is 21.3 Å². The summed E-state index contributed by atoms with van der Waals surface area (Å²) in [5.41, 5.74) is 20.6. The first-order valence-electron chi connectivity index (χ1n) is 23.7. The number of aromatic nitrogens is 1. The number of furan rings is 1. The first-order chi connectivity index (χ1) is 31.8. The zero-order valence-electron chi connectivity index (χ0n) is 37.9. The standard InChI is InChI=1S/C61H51BN2O/c1-35(2)38-30-46(36(3)4)60(47(31-38)37(5)6)62-51-34-57-49(42-22-14-17-27-56(42)65-57)32-48(51)50-33-55(40-20-10-11-23-43(40)59(50)62)64-52-25-15-12-21-41(52)44-28-29-54-58(61(44)64)45-24-13-16-26-53(45)63(54)39-18-8-7-9-19-39/h7-37,41,52H,1-6H3. The van der Waals surface area contributed by atoms with Crippen LogP contribution in [0, 0.1) is 0 Å². The molecule has 4 heteroatoms. The highest BCUT2D eigenvalue weighted by Crippen LogP contribution is 2.55. The van der Waals surface area contributed by atoms with Crippen LogP contribution in [0.25, 0.3) is 71.3 Å². The molecule has 3 nitrogen and oxygen atoms in total. The van der Waals surface area contributed by atoms with E-state index in [1.165, 1.54) is 105 Å². The van der Waals surface area contributed by atoms with Crippen LogP contribution in [0.4, 0.5) is 11.4 Å². The van der Waals surface area contributed by atoms with Crippen LogP contribution in [-0.4, -0.2) is 17.3 Å². The minimum absolute atomic E-state index is 0.0271. The van der Waals surface area contributed by atoms with Gasteiger partial charge in [0.05, 0.1) is 28.5 Å². The van der Waals surface area contributed by atoms with E-state index in [1.807, 2.05) is 0 Å². The third kappa shape index (κ3) is 5.43. The molecule has 10 aromatic rings. The lowest BCUT2D eigenvalue weighted by molar-refractivity contribution is 0.669. The van der Waals surface area contributed by atoms with Crippen LogP contribution in [0.5, 0.6) is 0 Å². The van der Waals surface area contributed by atoms with Crippen molar-refractivity contribution in [2.45, 2.75) is 71.3 Å². The maximum Gasteiger partial charge on any atom is 0.244 e. The zero-order valence-corrected chi connectivity index (χ0v) is 37.9. The van der Waals surface area contributed by atoms with Crippen molar-refractivity contribution in [1.82, 2.24) is 4.57 Å². The number of benzene rings is 8.